The first-order valence-corrected chi connectivity index (χ1v) is 10.4. The highest BCUT2D eigenvalue weighted by atomic mass is 16.5. The molecule has 0 spiro atoms. The van der Waals surface area contributed by atoms with Crippen LogP contribution in [0.3, 0.4) is 0 Å². The lowest BCUT2D eigenvalue weighted by atomic mass is 10.1. The number of fused-ring (bicyclic) bond motifs is 1. The van der Waals surface area contributed by atoms with Crippen LogP contribution in [0.25, 0.3) is 5.65 Å². The summed E-state index contributed by atoms with van der Waals surface area (Å²) < 4.78 is 7.19. The number of nitrogens with zero attached hydrogens (tertiary/aromatic N) is 5. The second-order valence-electron chi connectivity index (χ2n) is 7.96. The van der Waals surface area contributed by atoms with Gasteiger partial charge in [-0.15, -0.1) is 0 Å². The first-order valence-electron chi connectivity index (χ1n) is 10.4. The molecular formula is C21H29N5O3. The first kappa shape index (κ1) is 19.8. The third-order valence-electron chi connectivity index (χ3n) is 6.13. The third-order valence-corrected chi connectivity index (χ3v) is 6.13. The van der Waals surface area contributed by atoms with Crippen molar-refractivity contribution in [2.24, 2.45) is 0 Å². The minimum atomic E-state index is 0.0280. The minimum Gasteiger partial charge on any atom is -0.378 e. The molecule has 2 fully saturated rings. The van der Waals surface area contributed by atoms with Crippen LogP contribution in [0.2, 0.25) is 0 Å². The second-order valence-corrected chi connectivity index (χ2v) is 7.96. The van der Waals surface area contributed by atoms with Gasteiger partial charge in [0.2, 0.25) is 11.8 Å². The highest BCUT2D eigenvalue weighted by Gasteiger charge is 2.30. The summed E-state index contributed by atoms with van der Waals surface area (Å²) in [7, 11) is 0. The Hall–Kier alpha value is -2.48. The number of hydrogen-bond donors (Lipinski definition) is 0. The average molecular weight is 399 g/mol. The van der Waals surface area contributed by atoms with Crippen LogP contribution >= 0.6 is 0 Å². The number of aromatic nitrogens is 3. The number of morpholine rings is 1. The molecule has 29 heavy (non-hydrogen) atoms. The molecular weight excluding hydrogens is 370 g/mol. The van der Waals surface area contributed by atoms with E-state index in [2.05, 4.69) is 0 Å². The van der Waals surface area contributed by atoms with E-state index in [-0.39, 0.29) is 17.9 Å². The zero-order valence-corrected chi connectivity index (χ0v) is 17.5. The highest BCUT2D eigenvalue weighted by Crippen LogP contribution is 2.32. The lowest BCUT2D eigenvalue weighted by Crippen LogP contribution is -2.40. The van der Waals surface area contributed by atoms with Crippen molar-refractivity contribution in [3.63, 3.8) is 0 Å². The predicted octanol–water partition coefficient (Wildman–Crippen LogP) is 1.82. The molecule has 8 nitrogen and oxygen atoms in total. The summed E-state index contributed by atoms with van der Waals surface area (Å²) in [4.78, 5) is 33.0. The first-order chi connectivity index (χ1) is 14.0. The van der Waals surface area contributed by atoms with E-state index in [1.807, 2.05) is 34.2 Å². The average Bonchev–Trinajstić information content (AvgIpc) is 3.35. The molecule has 0 saturated carbocycles. The van der Waals surface area contributed by atoms with Gasteiger partial charge in [0.15, 0.2) is 5.65 Å². The molecule has 1 atom stereocenters. The fourth-order valence-electron chi connectivity index (χ4n) is 4.52. The molecule has 156 valence electrons. The van der Waals surface area contributed by atoms with Crippen molar-refractivity contribution in [2.75, 3.05) is 32.8 Å². The van der Waals surface area contributed by atoms with Gasteiger partial charge in [-0.3, -0.25) is 9.59 Å². The maximum absolute atomic E-state index is 12.5. The molecule has 0 N–H and O–H groups in total. The lowest BCUT2D eigenvalue weighted by Gasteiger charge is -2.27. The highest BCUT2D eigenvalue weighted by molar-refractivity contribution is 5.76. The van der Waals surface area contributed by atoms with Crippen LogP contribution in [-0.2, 0) is 20.7 Å². The van der Waals surface area contributed by atoms with Gasteiger partial charge in [0.1, 0.15) is 0 Å². The monoisotopic (exact) mass is 399 g/mol. The summed E-state index contributed by atoms with van der Waals surface area (Å²) in [5, 5.41) is 4.79. The number of hydrogen-bond acceptors (Lipinski definition) is 5. The normalized spacial score (nSPS) is 19.9. The summed E-state index contributed by atoms with van der Waals surface area (Å²) >= 11 is 0. The molecule has 0 bridgehead atoms. The molecule has 2 aliphatic rings. The maximum atomic E-state index is 12.5. The molecule has 2 saturated heterocycles. The maximum Gasteiger partial charge on any atom is 0.223 e. The number of likely N-dealkylation sites (tertiary alicyclic amines) is 1. The SMILES string of the molecule is CC(=O)N1CCC[C@@H]1c1cc2nc(C)c(CCC(=O)N3CCOCC3)c(C)n2n1. The number of ether oxygens (including phenoxy) is 1. The Morgan fingerprint density at radius 3 is 2.69 bits per heavy atom. The van der Waals surface area contributed by atoms with Crippen LogP contribution in [0, 0.1) is 13.8 Å². The van der Waals surface area contributed by atoms with E-state index in [0.29, 0.717) is 39.1 Å². The Kier molecular flexibility index (Phi) is 5.54. The van der Waals surface area contributed by atoms with Gasteiger partial charge in [-0.2, -0.15) is 5.10 Å². The molecule has 0 aromatic carbocycles. The van der Waals surface area contributed by atoms with E-state index in [4.69, 9.17) is 14.8 Å². The molecule has 2 aromatic rings. The number of carbonyl (C=O) groups excluding carboxylic acids is 2. The van der Waals surface area contributed by atoms with Crippen LogP contribution in [0.1, 0.15) is 54.9 Å². The molecule has 0 aliphatic carbocycles. The summed E-state index contributed by atoms with van der Waals surface area (Å²) in [6.07, 6.45) is 3.04. The zero-order valence-electron chi connectivity index (χ0n) is 17.5. The van der Waals surface area contributed by atoms with Gasteiger partial charge in [-0.25, -0.2) is 9.50 Å². The van der Waals surface area contributed by atoms with E-state index in [9.17, 15) is 9.59 Å². The third kappa shape index (κ3) is 3.85. The Morgan fingerprint density at radius 2 is 1.97 bits per heavy atom. The van der Waals surface area contributed by atoms with Gasteiger partial charge in [0.05, 0.1) is 24.9 Å². The van der Waals surface area contributed by atoms with Crippen molar-refractivity contribution >= 4 is 17.5 Å². The summed E-state index contributed by atoms with van der Waals surface area (Å²) in [6.45, 7) is 9.00. The van der Waals surface area contributed by atoms with E-state index < -0.39 is 0 Å². The van der Waals surface area contributed by atoms with Crippen LogP contribution < -0.4 is 0 Å². The summed E-state index contributed by atoms with van der Waals surface area (Å²) in [6, 6.07) is 2.02. The van der Waals surface area contributed by atoms with Gasteiger partial charge in [0, 0.05) is 50.4 Å². The van der Waals surface area contributed by atoms with Crippen LogP contribution in [-0.4, -0.2) is 69.1 Å². The summed E-state index contributed by atoms with van der Waals surface area (Å²) in [5.41, 5.74) is 4.72. The van der Waals surface area contributed by atoms with E-state index in [1.54, 1.807) is 6.92 Å². The van der Waals surface area contributed by atoms with Gasteiger partial charge < -0.3 is 14.5 Å². The largest absolute Gasteiger partial charge is 0.378 e. The Bertz CT molecular complexity index is 932. The van der Waals surface area contributed by atoms with Crippen molar-refractivity contribution in [1.82, 2.24) is 24.4 Å². The van der Waals surface area contributed by atoms with E-state index in [0.717, 1.165) is 47.7 Å². The van der Waals surface area contributed by atoms with Crippen LogP contribution in [0.15, 0.2) is 6.07 Å². The van der Waals surface area contributed by atoms with Crippen molar-refractivity contribution in [1.29, 1.82) is 0 Å². The van der Waals surface area contributed by atoms with Crippen molar-refractivity contribution in [3.05, 3.63) is 28.7 Å². The van der Waals surface area contributed by atoms with Crippen molar-refractivity contribution in [3.8, 4) is 0 Å². The second kappa shape index (κ2) is 8.10. The lowest BCUT2D eigenvalue weighted by molar-refractivity contribution is -0.135. The summed E-state index contributed by atoms with van der Waals surface area (Å²) in [5.74, 6) is 0.254. The fraction of sp³-hybridized carbons (Fsp3) is 0.619. The van der Waals surface area contributed by atoms with E-state index in [1.165, 1.54) is 0 Å². The smallest absolute Gasteiger partial charge is 0.223 e. The van der Waals surface area contributed by atoms with Crippen LogP contribution in [0.4, 0.5) is 0 Å². The van der Waals surface area contributed by atoms with Gasteiger partial charge >= 0.3 is 0 Å². The number of carbonyl (C=O) groups is 2. The topological polar surface area (TPSA) is 80.0 Å². The fourth-order valence-corrected chi connectivity index (χ4v) is 4.52. The Balaban J connectivity index is 1.56. The standard InChI is InChI=1S/C21H29N5O3/c1-14-17(6-7-21(28)24-9-11-29-12-10-24)15(2)26-20(22-14)13-18(23-26)19-5-4-8-25(19)16(3)27/h13,19H,4-12H2,1-3H3/t19-/m1/s1. The van der Waals surface area contributed by atoms with Gasteiger partial charge in [-0.05, 0) is 38.7 Å². The molecule has 4 rings (SSSR count). The molecule has 0 unspecified atom stereocenters. The molecule has 4 heterocycles. The van der Waals surface area contributed by atoms with Crippen molar-refractivity contribution in [2.45, 2.75) is 52.5 Å². The molecule has 2 amide bonds. The number of rotatable bonds is 4. The quantitative estimate of drug-likeness (QED) is 0.784. The Labute approximate surface area is 170 Å². The molecule has 0 radical (unpaired) electrons. The Morgan fingerprint density at radius 1 is 1.21 bits per heavy atom. The number of aryl methyl sites for hydroxylation is 2. The molecule has 2 aromatic heterocycles. The number of amides is 2. The molecule has 8 heteroatoms. The minimum absolute atomic E-state index is 0.0280. The predicted molar refractivity (Wildman–Crippen MR) is 108 cm³/mol. The van der Waals surface area contributed by atoms with Gasteiger partial charge in [-0.1, -0.05) is 0 Å². The van der Waals surface area contributed by atoms with E-state index >= 15 is 0 Å². The zero-order chi connectivity index (χ0) is 20.5. The van der Waals surface area contributed by atoms with Crippen LogP contribution in [0.5, 0.6) is 0 Å². The van der Waals surface area contributed by atoms with Gasteiger partial charge in [0.25, 0.3) is 0 Å². The molecule has 2 aliphatic heterocycles. The van der Waals surface area contributed by atoms with Crippen molar-refractivity contribution < 1.29 is 14.3 Å².